The maximum atomic E-state index is 12.1. The molecule has 1 amide bonds. The standard InChI is InChI=1S/C12H12Cl2N4O/c1-6-3-10(18(2)17-6)16-12(19)7-4-8(13)11(14)9(15)5-7/h3-5H,15H2,1-2H3,(H,16,19). The van der Waals surface area contributed by atoms with Crippen LogP contribution in [0.15, 0.2) is 18.2 Å². The molecule has 0 unspecified atom stereocenters. The third-order valence-electron chi connectivity index (χ3n) is 2.56. The van der Waals surface area contributed by atoms with Crippen LogP contribution in [0.4, 0.5) is 11.5 Å². The highest BCUT2D eigenvalue weighted by atomic mass is 35.5. The van der Waals surface area contributed by atoms with Gasteiger partial charge in [0.1, 0.15) is 5.82 Å². The monoisotopic (exact) mass is 298 g/mol. The molecule has 7 heteroatoms. The summed E-state index contributed by atoms with van der Waals surface area (Å²) < 4.78 is 1.58. The fourth-order valence-corrected chi connectivity index (χ4v) is 1.99. The first-order chi connectivity index (χ1) is 8.88. The number of carbonyl (C=O) groups is 1. The van der Waals surface area contributed by atoms with Gasteiger partial charge in [-0.25, -0.2) is 0 Å². The molecule has 1 heterocycles. The van der Waals surface area contributed by atoms with Gasteiger partial charge in [0.2, 0.25) is 0 Å². The number of hydrogen-bond donors (Lipinski definition) is 2. The average Bonchev–Trinajstić information content (AvgIpc) is 2.64. The van der Waals surface area contributed by atoms with Gasteiger partial charge in [-0.3, -0.25) is 9.48 Å². The van der Waals surface area contributed by atoms with E-state index in [9.17, 15) is 4.79 Å². The fraction of sp³-hybridized carbons (Fsp3) is 0.167. The molecule has 2 rings (SSSR count). The SMILES string of the molecule is Cc1cc(NC(=O)c2cc(N)c(Cl)c(Cl)c2)n(C)n1. The van der Waals surface area contributed by atoms with Crippen molar-refractivity contribution < 1.29 is 4.79 Å². The van der Waals surface area contributed by atoms with Gasteiger partial charge < -0.3 is 11.1 Å². The number of aryl methyl sites for hydroxylation is 2. The first kappa shape index (κ1) is 13.7. The number of carbonyl (C=O) groups excluding carboxylic acids is 1. The Balaban J connectivity index is 2.28. The number of benzene rings is 1. The zero-order valence-corrected chi connectivity index (χ0v) is 11.9. The third kappa shape index (κ3) is 2.83. The van der Waals surface area contributed by atoms with Gasteiger partial charge in [-0.2, -0.15) is 5.10 Å². The Kier molecular flexibility index (Phi) is 3.68. The van der Waals surface area contributed by atoms with Crippen molar-refractivity contribution in [3.63, 3.8) is 0 Å². The summed E-state index contributed by atoms with van der Waals surface area (Å²) in [5, 5.41) is 7.35. The van der Waals surface area contributed by atoms with E-state index < -0.39 is 0 Å². The largest absolute Gasteiger partial charge is 0.397 e. The molecule has 0 aliphatic heterocycles. The van der Waals surface area contributed by atoms with Crippen molar-refractivity contribution in [2.45, 2.75) is 6.92 Å². The van der Waals surface area contributed by atoms with Gasteiger partial charge in [0.25, 0.3) is 5.91 Å². The first-order valence-electron chi connectivity index (χ1n) is 5.45. The highest BCUT2D eigenvalue weighted by Gasteiger charge is 2.13. The minimum Gasteiger partial charge on any atom is -0.397 e. The number of halogens is 2. The number of nitrogens with two attached hydrogens (primary N) is 1. The summed E-state index contributed by atoms with van der Waals surface area (Å²) in [6.45, 7) is 1.84. The van der Waals surface area contributed by atoms with Gasteiger partial charge in [-0.1, -0.05) is 23.2 Å². The smallest absolute Gasteiger partial charge is 0.256 e. The van der Waals surface area contributed by atoms with Gasteiger partial charge in [0.05, 0.1) is 21.4 Å². The number of nitrogens with one attached hydrogen (secondary N) is 1. The molecular formula is C12H12Cl2N4O. The number of hydrogen-bond acceptors (Lipinski definition) is 3. The second kappa shape index (κ2) is 5.11. The molecule has 0 saturated carbocycles. The first-order valence-corrected chi connectivity index (χ1v) is 6.20. The van der Waals surface area contributed by atoms with Crippen molar-refractivity contribution in [1.29, 1.82) is 0 Å². The number of anilines is 2. The van der Waals surface area contributed by atoms with E-state index in [0.29, 0.717) is 11.4 Å². The van der Waals surface area contributed by atoms with Crippen molar-refractivity contribution in [3.05, 3.63) is 39.5 Å². The molecule has 0 fully saturated rings. The van der Waals surface area contributed by atoms with Crippen LogP contribution in [0.25, 0.3) is 0 Å². The molecule has 2 aromatic rings. The second-order valence-electron chi connectivity index (χ2n) is 4.11. The van der Waals surface area contributed by atoms with Crippen molar-refractivity contribution in [2.24, 2.45) is 7.05 Å². The van der Waals surface area contributed by atoms with E-state index in [1.54, 1.807) is 17.8 Å². The van der Waals surface area contributed by atoms with Gasteiger partial charge in [0.15, 0.2) is 0 Å². The second-order valence-corrected chi connectivity index (χ2v) is 4.90. The number of amides is 1. The summed E-state index contributed by atoms with van der Waals surface area (Å²) in [5.74, 6) is 0.264. The maximum Gasteiger partial charge on any atom is 0.256 e. The quantitative estimate of drug-likeness (QED) is 0.837. The normalized spacial score (nSPS) is 10.5. The Morgan fingerprint density at radius 2 is 2.05 bits per heavy atom. The van der Waals surface area contributed by atoms with Crippen LogP contribution in [-0.4, -0.2) is 15.7 Å². The van der Waals surface area contributed by atoms with Crippen molar-refractivity contribution in [2.75, 3.05) is 11.1 Å². The lowest BCUT2D eigenvalue weighted by molar-refractivity contribution is 0.102. The molecule has 0 radical (unpaired) electrons. The average molecular weight is 299 g/mol. The van der Waals surface area contributed by atoms with Gasteiger partial charge in [-0.05, 0) is 19.1 Å². The predicted octanol–water partition coefficient (Wildman–Crippen LogP) is 2.87. The minimum absolute atomic E-state index is 0.244. The maximum absolute atomic E-state index is 12.1. The van der Waals surface area contributed by atoms with Crippen LogP contribution in [0.2, 0.25) is 10.0 Å². The Hall–Kier alpha value is -1.72. The summed E-state index contributed by atoms with van der Waals surface area (Å²) in [6, 6.07) is 4.71. The van der Waals surface area contributed by atoms with Crippen molar-refractivity contribution >= 4 is 40.6 Å². The number of rotatable bonds is 2. The van der Waals surface area contributed by atoms with Crippen LogP contribution in [0.3, 0.4) is 0 Å². The van der Waals surface area contributed by atoms with E-state index in [2.05, 4.69) is 10.4 Å². The lowest BCUT2D eigenvalue weighted by Gasteiger charge is -2.07. The van der Waals surface area contributed by atoms with E-state index >= 15 is 0 Å². The molecule has 19 heavy (non-hydrogen) atoms. The number of aromatic nitrogens is 2. The van der Waals surface area contributed by atoms with Crippen LogP contribution in [0, 0.1) is 6.92 Å². The Morgan fingerprint density at radius 1 is 1.37 bits per heavy atom. The fourth-order valence-electron chi connectivity index (χ4n) is 1.66. The van der Waals surface area contributed by atoms with Crippen LogP contribution in [0.5, 0.6) is 0 Å². The molecule has 3 N–H and O–H groups in total. The summed E-state index contributed by atoms with van der Waals surface area (Å²) in [4.78, 5) is 12.1. The molecule has 0 bridgehead atoms. The zero-order chi connectivity index (χ0) is 14.2. The van der Waals surface area contributed by atoms with E-state index in [1.165, 1.54) is 12.1 Å². The van der Waals surface area contributed by atoms with E-state index in [1.807, 2.05) is 6.92 Å². The topological polar surface area (TPSA) is 72.9 Å². The van der Waals surface area contributed by atoms with Crippen LogP contribution >= 0.6 is 23.2 Å². The van der Waals surface area contributed by atoms with Gasteiger partial charge >= 0.3 is 0 Å². The van der Waals surface area contributed by atoms with Crippen LogP contribution < -0.4 is 11.1 Å². The van der Waals surface area contributed by atoms with E-state index in [-0.39, 0.29) is 21.6 Å². The molecule has 5 nitrogen and oxygen atoms in total. The third-order valence-corrected chi connectivity index (χ3v) is 3.38. The summed E-state index contributed by atoms with van der Waals surface area (Å²) in [6.07, 6.45) is 0. The van der Waals surface area contributed by atoms with E-state index in [4.69, 9.17) is 28.9 Å². The summed E-state index contributed by atoms with van der Waals surface area (Å²) in [5.41, 5.74) is 7.09. The number of nitrogen functional groups attached to an aromatic ring is 1. The lowest BCUT2D eigenvalue weighted by Crippen LogP contribution is -2.15. The molecular weight excluding hydrogens is 287 g/mol. The van der Waals surface area contributed by atoms with Gasteiger partial charge in [-0.15, -0.1) is 0 Å². The molecule has 100 valence electrons. The van der Waals surface area contributed by atoms with E-state index in [0.717, 1.165) is 5.69 Å². The Morgan fingerprint density at radius 3 is 2.58 bits per heavy atom. The van der Waals surface area contributed by atoms with Crippen LogP contribution in [0.1, 0.15) is 16.1 Å². The minimum atomic E-state index is -0.326. The molecule has 0 aliphatic rings. The highest BCUT2D eigenvalue weighted by molar-refractivity contribution is 6.44. The van der Waals surface area contributed by atoms with Crippen LogP contribution in [-0.2, 0) is 7.05 Å². The van der Waals surface area contributed by atoms with Gasteiger partial charge in [0, 0.05) is 18.7 Å². The Labute approximate surface area is 120 Å². The summed E-state index contributed by atoms with van der Waals surface area (Å²) in [7, 11) is 1.74. The molecule has 0 spiro atoms. The Bertz CT molecular complexity index is 628. The predicted molar refractivity (Wildman–Crippen MR) is 76.8 cm³/mol. The zero-order valence-electron chi connectivity index (χ0n) is 10.4. The molecule has 0 saturated heterocycles. The highest BCUT2D eigenvalue weighted by Crippen LogP contribution is 2.29. The molecule has 1 aromatic carbocycles. The van der Waals surface area contributed by atoms with Crippen molar-refractivity contribution in [3.8, 4) is 0 Å². The van der Waals surface area contributed by atoms with Crippen molar-refractivity contribution in [1.82, 2.24) is 9.78 Å². The summed E-state index contributed by atoms with van der Waals surface area (Å²) >= 11 is 11.7. The molecule has 1 aromatic heterocycles. The molecule has 0 atom stereocenters. The molecule has 0 aliphatic carbocycles. The lowest BCUT2D eigenvalue weighted by atomic mass is 10.2. The number of nitrogens with zero attached hydrogens (tertiary/aromatic N) is 2.